The molecule has 1 N–H and O–H groups in total. The molecule has 0 heterocycles. The topological polar surface area (TPSA) is 40.5 Å². The number of rotatable bonds is 5. The SMILES string of the molecule is CC(Cc1ccc(Br)cc1)N(C)C(C)C(=O)O. The Kier molecular flexibility index (Phi) is 5.15. The van der Waals surface area contributed by atoms with Gasteiger partial charge >= 0.3 is 5.97 Å². The van der Waals surface area contributed by atoms with Crippen LogP contribution in [-0.2, 0) is 11.2 Å². The summed E-state index contributed by atoms with van der Waals surface area (Å²) in [6.45, 7) is 3.75. The van der Waals surface area contributed by atoms with Crippen LogP contribution in [0, 0.1) is 0 Å². The van der Waals surface area contributed by atoms with Crippen molar-refractivity contribution in [3.8, 4) is 0 Å². The van der Waals surface area contributed by atoms with Gasteiger partial charge in [-0.3, -0.25) is 9.69 Å². The standard InChI is InChI=1S/C13H18BrNO2/c1-9(15(3)10(2)13(16)17)8-11-4-6-12(14)7-5-11/h4-7,9-10H,8H2,1-3H3,(H,16,17). The van der Waals surface area contributed by atoms with Crippen LogP contribution >= 0.6 is 15.9 Å². The van der Waals surface area contributed by atoms with Crippen molar-refractivity contribution in [1.82, 2.24) is 4.90 Å². The second-order valence-corrected chi connectivity index (χ2v) is 5.27. The van der Waals surface area contributed by atoms with Crippen LogP contribution < -0.4 is 0 Å². The lowest BCUT2D eigenvalue weighted by atomic mass is 10.1. The van der Waals surface area contributed by atoms with E-state index < -0.39 is 12.0 Å². The molecule has 0 saturated carbocycles. The van der Waals surface area contributed by atoms with Gasteiger partial charge in [0.2, 0.25) is 0 Å². The first-order valence-corrected chi connectivity index (χ1v) is 6.40. The van der Waals surface area contributed by atoms with Gasteiger partial charge in [0, 0.05) is 10.5 Å². The zero-order valence-corrected chi connectivity index (χ0v) is 11.9. The van der Waals surface area contributed by atoms with Crippen LogP contribution in [0.3, 0.4) is 0 Å². The first-order valence-electron chi connectivity index (χ1n) is 5.61. The van der Waals surface area contributed by atoms with E-state index in [0.717, 1.165) is 10.9 Å². The van der Waals surface area contributed by atoms with Gasteiger partial charge in [0.15, 0.2) is 0 Å². The van der Waals surface area contributed by atoms with Gasteiger partial charge in [-0.05, 0) is 45.0 Å². The summed E-state index contributed by atoms with van der Waals surface area (Å²) in [5, 5.41) is 8.96. The minimum atomic E-state index is -0.782. The number of benzene rings is 1. The summed E-state index contributed by atoms with van der Waals surface area (Å²) in [5.74, 6) is -0.782. The minimum Gasteiger partial charge on any atom is -0.480 e. The predicted molar refractivity (Wildman–Crippen MR) is 72.2 cm³/mol. The first-order chi connectivity index (χ1) is 7.91. The lowest BCUT2D eigenvalue weighted by molar-refractivity contribution is -0.142. The molecule has 0 aromatic heterocycles. The zero-order valence-electron chi connectivity index (χ0n) is 10.4. The third-order valence-corrected chi connectivity index (χ3v) is 3.64. The number of hydrogen-bond donors (Lipinski definition) is 1. The van der Waals surface area contributed by atoms with Gasteiger partial charge in [-0.15, -0.1) is 0 Å². The van der Waals surface area contributed by atoms with Gasteiger partial charge in [0.1, 0.15) is 6.04 Å². The van der Waals surface area contributed by atoms with Crippen LogP contribution in [0.5, 0.6) is 0 Å². The maximum atomic E-state index is 10.9. The van der Waals surface area contributed by atoms with Crippen molar-refractivity contribution in [2.24, 2.45) is 0 Å². The average molecular weight is 300 g/mol. The Morgan fingerprint density at radius 3 is 2.35 bits per heavy atom. The molecule has 2 unspecified atom stereocenters. The molecule has 0 spiro atoms. The van der Waals surface area contributed by atoms with Crippen molar-refractivity contribution in [3.63, 3.8) is 0 Å². The fourth-order valence-electron chi connectivity index (χ4n) is 1.66. The van der Waals surface area contributed by atoms with E-state index in [9.17, 15) is 4.79 Å². The molecule has 0 bridgehead atoms. The summed E-state index contributed by atoms with van der Waals surface area (Å²) in [5.41, 5.74) is 1.21. The molecule has 2 atom stereocenters. The fourth-order valence-corrected chi connectivity index (χ4v) is 1.93. The van der Waals surface area contributed by atoms with Crippen molar-refractivity contribution in [2.75, 3.05) is 7.05 Å². The highest BCUT2D eigenvalue weighted by Crippen LogP contribution is 2.14. The number of hydrogen-bond acceptors (Lipinski definition) is 2. The van der Waals surface area contributed by atoms with Crippen LogP contribution in [-0.4, -0.2) is 35.1 Å². The lowest BCUT2D eigenvalue weighted by Gasteiger charge is -2.28. The van der Waals surface area contributed by atoms with Gasteiger partial charge in [-0.2, -0.15) is 0 Å². The van der Waals surface area contributed by atoms with E-state index in [2.05, 4.69) is 28.1 Å². The molecule has 0 saturated heterocycles. The maximum absolute atomic E-state index is 10.9. The molecule has 1 rings (SSSR count). The molecule has 0 radical (unpaired) electrons. The van der Waals surface area contributed by atoms with E-state index in [0.29, 0.717) is 0 Å². The second kappa shape index (κ2) is 6.17. The normalized spacial score (nSPS) is 14.6. The Hall–Kier alpha value is -0.870. The fraction of sp³-hybridized carbons (Fsp3) is 0.462. The van der Waals surface area contributed by atoms with E-state index in [4.69, 9.17) is 5.11 Å². The largest absolute Gasteiger partial charge is 0.480 e. The molecule has 1 aromatic carbocycles. The third kappa shape index (κ3) is 4.13. The molecule has 0 aliphatic carbocycles. The highest BCUT2D eigenvalue weighted by atomic mass is 79.9. The summed E-state index contributed by atoms with van der Waals surface area (Å²) in [4.78, 5) is 12.8. The van der Waals surface area contributed by atoms with Crippen molar-refractivity contribution >= 4 is 21.9 Å². The highest BCUT2D eigenvalue weighted by Gasteiger charge is 2.21. The van der Waals surface area contributed by atoms with E-state index in [1.54, 1.807) is 6.92 Å². The molecule has 0 fully saturated rings. The van der Waals surface area contributed by atoms with Crippen LogP contribution in [0.4, 0.5) is 0 Å². The highest BCUT2D eigenvalue weighted by molar-refractivity contribution is 9.10. The quantitative estimate of drug-likeness (QED) is 0.909. The zero-order chi connectivity index (χ0) is 13.0. The van der Waals surface area contributed by atoms with E-state index in [1.165, 1.54) is 5.56 Å². The molecule has 1 aromatic rings. The Labute approximate surface area is 111 Å². The third-order valence-electron chi connectivity index (χ3n) is 3.11. The number of carbonyl (C=O) groups is 1. The number of carboxylic acid groups (broad SMARTS) is 1. The van der Waals surface area contributed by atoms with Gasteiger partial charge in [0.25, 0.3) is 0 Å². The van der Waals surface area contributed by atoms with E-state index in [1.807, 2.05) is 31.0 Å². The summed E-state index contributed by atoms with van der Waals surface area (Å²) in [6.07, 6.45) is 0.849. The first kappa shape index (κ1) is 14.2. The monoisotopic (exact) mass is 299 g/mol. The van der Waals surface area contributed by atoms with Gasteiger partial charge in [-0.1, -0.05) is 28.1 Å². The Morgan fingerprint density at radius 1 is 1.35 bits per heavy atom. The van der Waals surface area contributed by atoms with Crippen LogP contribution in [0.2, 0.25) is 0 Å². The van der Waals surface area contributed by atoms with Gasteiger partial charge < -0.3 is 5.11 Å². The van der Waals surface area contributed by atoms with Crippen molar-refractivity contribution in [3.05, 3.63) is 34.3 Å². The smallest absolute Gasteiger partial charge is 0.320 e. The Bertz CT molecular complexity index is 378. The number of aliphatic carboxylic acids is 1. The molecule has 4 heteroatoms. The summed E-state index contributed by atoms with van der Waals surface area (Å²) in [6, 6.07) is 7.85. The van der Waals surface area contributed by atoms with Crippen LogP contribution in [0.15, 0.2) is 28.7 Å². The number of carboxylic acids is 1. The summed E-state index contributed by atoms with van der Waals surface area (Å²) < 4.78 is 1.06. The van der Waals surface area contributed by atoms with Gasteiger partial charge in [-0.25, -0.2) is 0 Å². The molecular weight excluding hydrogens is 282 g/mol. The molecule has 0 aliphatic rings. The van der Waals surface area contributed by atoms with Crippen molar-refractivity contribution in [1.29, 1.82) is 0 Å². The molecule has 17 heavy (non-hydrogen) atoms. The van der Waals surface area contributed by atoms with E-state index in [-0.39, 0.29) is 6.04 Å². The second-order valence-electron chi connectivity index (χ2n) is 4.36. The molecule has 0 amide bonds. The molecule has 3 nitrogen and oxygen atoms in total. The van der Waals surface area contributed by atoms with Crippen LogP contribution in [0.25, 0.3) is 0 Å². The minimum absolute atomic E-state index is 0.197. The molecule has 94 valence electrons. The lowest BCUT2D eigenvalue weighted by Crippen LogP contribution is -2.42. The predicted octanol–water partition coefficient (Wildman–Crippen LogP) is 2.79. The summed E-state index contributed by atoms with van der Waals surface area (Å²) >= 11 is 3.39. The van der Waals surface area contributed by atoms with Crippen molar-refractivity contribution in [2.45, 2.75) is 32.4 Å². The summed E-state index contributed by atoms with van der Waals surface area (Å²) in [7, 11) is 1.85. The van der Waals surface area contributed by atoms with E-state index >= 15 is 0 Å². The molecule has 0 aliphatic heterocycles. The van der Waals surface area contributed by atoms with Crippen LogP contribution in [0.1, 0.15) is 19.4 Å². The number of likely N-dealkylation sites (N-methyl/N-ethyl adjacent to an activating group) is 1. The maximum Gasteiger partial charge on any atom is 0.320 e. The number of nitrogens with zero attached hydrogens (tertiary/aromatic N) is 1. The Morgan fingerprint density at radius 2 is 1.88 bits per heavy atom. The van der Waals surface area contributed by atoms with Crippen molar-refractivity contribution < 1.29 is 9.90 Å². The average Bonchev–Trinajstić information content (AvgIpc) is 2.30. The molecular formula is C13H18BrNO2. The van der Waals surface area contributed by atoms with Gasteiger partial charge in [0.05, 0.1) is 0 Å². The number of halogens is 1. The Balaban J connectivity index is 2.62.